The zero-order chi connectivity index (χ0) is 13.5. The van der Waals surface area contributed by atoms with Crippen molar-refractivity contribution in [3.8, 4) is 0 Å². The highest BCUT2D eigenvalue weighted by Crippen LogP contribution is 2.26. The summed E-state index contributed by atoms with van der Waals surface area (Å²) in [4.78, 5) is 1.27. The molecular weight excluding hydrogens is 262 g/mol. The van der Waals surface area contributed by atoms with Crippen LogP contribution in [0.5, 0.6) is 0 Å². The number of rotatable bonds is 7. The average Bonchev–Trinajstić information content (AvgIpc) is 2.28. The smallest absolute Gasteiger partial charge is 0.0462 e. The van der Waals surface area contributed by atoms with Crippen LogP contribution in [0.15, 0.2) is 23.1 Å². The summed E-state index contributed by atoms with van der Waals surface area (Å²) in [6, 6.07) is 6.39. The fraction of sp³-hybridized carbons (Fsp3) is 0.600. The Balaban J connectivity index is 2.51. The zero-order valence-electron chi connectivity index (χ0n) is 11.8. The summed E-state index contributed by atoms with van der Waals surface area (Å²) in [5.41, 5.74) is 1.19. The van der Waals surface area contributed by atoms with Crippen molar-refractivity contribution in [1.82, 2.24) is 5.32 Å². The van der Waals surface area contributed by atoms with Crippen LogP contribution in [0.3, 0.4) is 0 Å². The van der Waals surface area contributed by atoms with Crippen molar-refractivity contribution in [1.29, 1.82) is 0 Å². The van der Waals surface area contributed by atoms with Crippen molar-refractivity contribution in [2.45, 2.75) is 39.1 Å². The Kier molecular flexibility index (Phi) is 7.13. The molecule has 0 saturated carbocycles. The van der Waals surface area contributed by atoms with Gasteiger partial charge in [0, 0.05) is 22.2 Å². The Morgan fingerprint density at radius 2 is 1.89 bits per heavy atom. The lowest BCUT2D eigenvalue weighted by Gasteiger charge is -2.10. The highest BCUT2D eigenvalue weighted by Gasteiger charge is 2.04. The maximum atomic E-state index is 6.31. The molecule has 1 aromatic carbocycles. The molecule has 3 heteroatoms. The normalized spacial score (nSPS) is 11.5. The first-order valence-corrected chi connectivity index (χ1v) is 7.97. The van der Waals surface area contributed by atoms with Gasteiger partial charge in [0.15, 0.2) is 0 Å². The van der Waals surface area contributed by atoms with Gasteiger partial charge in [-0.05, 0) is 36.1 Å². The summed E-state index contributed by atoms with van der Waals surface area (Å²) in [5.74, 6) is 2.52. The molecule has 0 heterocycles. The first-order valence-electron chi connectivity index (χ1n) is 6.61. The molecule has 0 amide bonds. The van der Waals surface area contributed by atoms with Gasteiger partial charge in [-0.2, -0.15) is 0 Å². The van der Waals surface area contributed by atoms with Gasteiger partial charge in [0.25, 0.3) is 0 Å². The highest BCUT2D eigenvalue weighted by atomic mass is 35.5. The molecule has 0 saturated heterocycles. The van der Waals surface area contributed by atoms with Gasteiger partial charge in [0.2, 0.25) is 0 Å². The standard InChI is InChI=1S/C15H24ClNS/c1-11(2)8-17-9-13-5-6-14(7-15(13)16)18-10-12(3)4/h5-7,11-12,17H,8-10H2,1-4H3. The molecule has 0 aliphatic heterocycles. The minimum atomic E-state index is 0.671. The van der Waals surface area contributed by atoms with Crippen LogP contribution in [0.4, 0.5) is 0 Å². The molecule has 1 rings (SSSR count). The molecule has 18 heavy (non-hydrogen) atoms. The quantitative estimate of drug-likeness (QED) is 0.720. The number of hydrogen-bond donors (Lipinski definition) is 1. The molecule has 102 valence electrons. The number of nitrogens with one attached hydrogen (secondary N) is 1. The highest BCUT2D eigenvalue weighted by molar-refractivity contribution is 7.99. The second kappa shape index (κ2) is 8.08. The maximum Gasteiger partial charge on any atom is 0.0462 e. The average molecular weight is 286 g/mol. The summed E-state index contributed by atoms with van der Waals surface area (Å²) in [6.45, 7) is 10.8. The Labute approximate surface area is 121 Å². The van der Waals surface area contributed by atoms with E-state index >= 15 is 0 Å². The van der Waals surface area contributed by atoms with E-state index in [0.29, 0.717) is 11.8 Å². The summed E-state index contributed by atoms with van der Waals surface area (Å²) in [5, 5.41) is 4.30. The van der Waals surface area contributed by atoms with Gasteiger partial charge in [0.05, 0.1) is 0 Å². The van der Waals surface area contributed by atoms with E-state index in [9.17, 15) is 0 Å². The van der Waals surface area contributed by atoms with E-state index < -0.39 is 0 Å². The van der Waals surface area contributed by atoms with Crippen LogP contribution in [0.2, 0.25) is 5.02 Å². The van der Waals surface area contributed by atoms with E-state index in [0.717, 1.165) is 23.9 Å². The molecule has 1 aromatic rings. The lowest BCUT2D eigenvalue weighted by molar-refractivity contribution is 0.552. The first kappa shape index (κ1) is 15.9. The van der Waals surface area contributed by atoms with Crippen molar-refractivity contribution in [2.75, 3.05) is 12.3 Å². The summed E-state index contributed by atoms with van der Waals surface area (Å²) in [7, 11) is 0. The Morgan fingerprint density at radius 3 is 2.44 bits per heavy atom. The fourth-order valence-corrected chi connectivity index (χ4v) is 2.72. The van der Waals surface area contributed by atoms with E-state index in [-0.39, 0.29) is 0 Å². The van der Waals surface area contributed by atoms with Gasteiger partial charge in [-0.15, -0.1) is 11.8 Å². The third-order valence-electron chi connectivity index (χ3n) is 2.48. The first-order chi connectivity index (χ1) is 8.49. The van der Waals surface area contributed by atoms with Crippen LogP contribution in [-0.4, -0.2) is 12.3 Å². The van der Waals surface area contributed by atoms with Crippen LogP contribution in [0, 0.1) is 11.8 Å². The summed E-state index contributed by atoms with van der Waals surface area (Å²) >= 11 is 8.18. The predicted molar refractivity (Wildman–Crippen MR) is 83.6 cm³/mol. The minimum absolute atomic E-state index is 0.671. The van der Waals surface area contributed by atoms with E-state index in [1.807, 2.05) is 11.8 Å². The van der Waals surface area contributed by atoms with Gasteiger partial charge in [-0.3, -0.25) is 0 Å². The van der Waals surface area contributed by atoms with Gasteiger partial charge in [-0.25, -0.2) is 0 Å². The van der Waals surface area contributed by atoms with Crippen molar-refractivity contribution in [3.63, 3.8) is 0 Å². The molecule has 0 aliphatic rings. The number of thioether (sulfide) groups is 1. The van der Waals surface area contributed by atoms with Gasteiger partial charge >= 0.3 is 0 Å². The fourth-order valence-electron chi connectivity index (χ4n) is 1.52. The maximum absolute atomic E-state index is 6.31. The SMILES string of the molecule is CC(C)CNCc1ccc(SCC(C)C)cc1Cl. The molecule has 0 radical (unpaired) electrons. The third-order valence-corrected chi connectivity index (χ3v) is 4.25. The Hall–Kier alpha value is -0.180. The van der Waals surface area contributed by atoms with Crippen molar-refractivity contribution in [3.05, 3.63) is 28.8 Å². The lowest BCUT2D eigenvalue weighted by Crippen LogP contribution is -2.19. The summed E-state index contributed by atoms with van der Waals surface area (Å²) < 4.78 is 0. The second-order valence-corrected chi connectivity index (χ2v) is 6.98. The van der Waals surface area contributed by atoms with Crippen LogP contribution < -0.4 is 5.32 Å². The van der Waals surface area contributed by atoms with E-state index in [1.165, 1.54) is 10.5 Å². The summed E-state index contributed by atoms with van der Waals surface area (Å²) in [6.07, 6.45) is 0. The van der Waals surface area contributed by atoms with Crippen molar-refractivity contribution in [2.24, 2.45) is 11.8 Å². The molecule has 0 unspecified atom stereocenters. The van der Waals surface area contributed by atoms with Crippen LogP contribution in [-0.2, 0) is 6.54 Å². The molecule has 0 aromatic heterocycles. The van der Waals surface area contributed by atoms with Crippen LogP contribution in [0.1, 0.15) is 33.3 Å². The molecule has 0 aliphatic carbocycles. The van der Waals surface area contributed by atoms with Gasteiger partial charge in [0.1, 0.15) is 0 Å². The molecule has 0 bridgehead atoms. The topological polar surface area (TPSA) is 12.0 Å². The zero-order valence-corrected chi connectivity index (χ0v) is 13.4. The molecule has 1 nitrogen and oxygen atoms in total. The monoisotopic (exact) mass is 285 g/mol. The van der Waals surface area contributed by atoms with Crippen molar-refractivity contribution >= 4 is 23.4 Å². The van der Waals surface area contributed by atoms with Crippen LogP contribution >= 0.6 is 23.4 Å². The Bertz CT molecular complexity index is 364. The third kappa shape index (κ3) is 6.12. The number of halogens is 1. The predicted octanol–water partition coefficient (Wildman–Crippen LogP) is 4.83. The van der Waals surface area contributed by atoms with E-state index in [1.54, 1.807) is 0 Å². The van der Waals surface area contributed by atoms with E-state index in [2.05, 4.69) is 51.2 Å². The second-order valence-electron chi connectivity index (χ2n) is 5.48. The van der Waals surface area contributed by atoms with Gasteiger partial charge in [-0.1, -0.05) is 45.4 Å². The van der Waals surface area contributed by atoms with Gasteiger partial charge < -0.3 is 5.32 Å². The lowest BCUT2D eigenvalue weighted by atomic mass is 10.2. The van der Waals surface area contributed by atoms with Crippen molar-refractivity contribution < 1.29 is 0 Å². The minimum Gasteiger partial charge on any atom is -0.312 e. The molecule has 0 atom stereocenters. The largest absolute Gasteiger partial charge is 0.312 e. The Morgan fingerprint density at radius 1 is 1.17 bits per heavy atom. The van der Waals surface area contributed by atoms with E-state index in [4.69, 9.17) is 11.6 Å². The molecular formula is C15H24ClNS. The van der Waals surface area contributed by atoms with Crippen LogP contribution in [0.25, 0.3) is 0 Å². The molecule has 0 fully saturated rings. The molecule has 1 N–H and O–H groups in total. The number of hydrogen-bond acceptors (Lipinski definition) is 2. The number of benzene rings is 1. The molecule has 0 spiro atoms.